The smallest absolute Gasteiger partial charge is 0.409 e. The summed E-state index contributed by atoms with van der Waals surface area (Å²) >= 11 is 0. The largest absolute Gasteiger partial charge is 0.424 e. The summed E-state index contributed by atoms with van der Waals surface area (Å²) in [7, 11) is 0. The van der Waals surface area contributed by atoms with Crippen LogP contribution in [0.5, 0.6) is 0 Å². The van der Waals surface area contributed by atoms with E-state index in [2.05, 4.69) is 21.3 Å². The van der Waals surface area contributed by atoms with E-state index in [1.807, 2.05) is 41.5 Å². The molecule has 0 spiro atoms. The zero-order chi connectivity index (χ0) is 29.6. The lowest BCUT2D eigenvalue weighted by Crippen LogP contribution is -2.50. The molecule has 0 aliphatic rings. The van der Waals surface area contributed by atoms with Crippen LogP contribution >= 0.6 is 0 Å². The SMILES string of the molecule is CCCC(=O)NCCCOCCOCCOCCCNC(=O)OC(CNC=O)NC(=O)C(C)(C)CC(C)(C)C. The lowest BCUT2D eigenvalue weighted by atomic mass is 9.75. The summed E-state index contributed by atoms with van der Waals surface area (Å²) in [6.45, 7) is 15.5. The van der Waals surface area contributed by atoms with Crippen molar-refractivity contribution in [3.8, 4) is 0 Å². The molecule has 228 valence electrons. The first-order valence-corrected chi connectivity index (χ1v) is 13.8. The number of ether oxygens (including phenoxy) is 4. The summed E-state index contributed by atoms with van der Waals surface area (Å²) in [5, 5.41) is 10.6. The van der Waals surface area contributed by atoms with Gasteiger partial charge in [-0.05, 0) is 31.1 Å². The Morgan fingerprint density at radius 3 is 1.87 bits per heavy atom. The zero-order valence-electron chi connectivity index (χ0n) is 24.8. The number of hydrogen-bond donors (Lipinski definition) is 4. The van der Waals surface area contributed by atoms with E-state index < -0.39 is 17.7 Å². The predicted octanol–water partition coefficient (Wildman–Crippen LogP) is 2.11. The van der Waals surface area contributed by atoms with Gasteiger partial charge in [-0.1, -0.05) is 41.5 Å². The Kier molecular flexibility index (Phi) is 20.1. The van der Waals surface area contributed by atoms with Crippen molar-refractivity contribution in [2.75, 3.05) is 59.3 Å². The summed E-state index contributed by atoms with van der Waals surface area (Å²) in [5.41, 5.74) is -0.743. The standard InChI is InChI=1S/C27H52N4O8/c1-7-10-22(33)29-11-8-13-36-15-17-38-18-16-37-14-9-12-30-25(35)39-23(19-28-21-32)31-24(34)27(5,6)20-26(2,3)4/h21,23H,7-20H2,1-6H3,(H,28,32)(H,29,33)(H,30,35)(H,31,34). The van der Waals surface area contributed by atoms with Crippen LogP contribution in [0.15, 0.2) is 0 Å². The van der Waals surface area contributed by atoms with Crippen LogP contribution in [0.4, 0.5) is 4.79 Å². The first-order valence-electron chi connectivity index (χ1n) is 13.8. The lowest BCUT2D eigenvalue weighted by molar-refractivity contribution is -0.134. The Hall–Kier alpha value is -2.44. The molecular weight excluding hydrogens is 508 g/mol. The number of carbonyl (C=O) groups excluding carboxylic acids is 4. The second-order valence-electron chi connectivity index (χ2n) is 11.1. The molecule has 0 aliphatic heterocycles. The number of amides is 4. The summed E-state index contributed by atoms with van der Waals surface area (Å²) in [4.78, 5) is 46.9. The molecule has 0 aromatic carbocycles. The van der Waals surface area contributed by atoms with Crippen molar-refractivity contribution >= 4 is 24.3 Å². The quantitative estimate of drug-likeness (QED) is 0.0842. The molecule has 0 fully saturated rings. The van der Waals surface area contributed by atoms with Gasteiger partial charge in [0.05, 0.1) is 33.0 Å². The summed E-state index contributed by atoms with van der Waals surface area (Å²) in [6, 6.07) is 0. The molecule has 1 atom stereocenters. The number of nitrogens with one attached hydrogen (secondary N) is 4. The highest BCUT2D eigenvalue weighted by Crippen LogP contribution is 2.33. The van der Waals surface area contributed by atoms with Crippen LogP contribution in [0.3, 0.4) is 0 Å². The van der Waals surface area contributed by atoms with Gasteiger partial charge in [-0.2, -0.15) is 0 Å². The van der Waals surface area contributed by atoms with Crippen molar-refractivity contribution in [3.63, 3.8) is 0 Å². The monoisotopic (exact) mass is 560 g/mol. The molecule has 1 unspecified atom stereocenters. The van der Waals surface area contributed by atoms with Gasteiger partial charge in [-0.15, -0.1) is 0 Å². The van der Waals surface area contributed by atoms with Gasteiger partial charge in [0.2, 0.25) is 18.2 Å². The highest BCUT2D eigenvalue weighted by Gasteiger charge is 2.34. The molecule has 0 aliphatic carbocycles. The fourth-order valence-electron chi connectivity index (χ4n) is 3.82. The van der Waals surface area contributed by atoms with Crippen LogP contribution in [-0.2, 0) is 33.3 Å². The average Bonchev–Trinajstić information content (AvgIpc) is 2.83. The number of rotatable bonds is 23. The maximum Gasteiger partial charge on any atom is 0.409 e. The first kappa shape index (κ1) is 36.6. The summed E-state index contributed by atoms with van der Waals surface area (Å²) in [6.07, 6.45) is 2.14. The van der Waals surface area contributed by atoms with E-state index in [0.29, 0.717) is 78.4 Å². The minimum atomic E-state index is -0.994. The minimum absolute atomic E-state index is 0.0420. The third kappa shape index (κ3) is 22.1. The van der Waals surface area contributed by atoms with Gasteiger partial charge in [0, 0.05) is 38.1 Å². The summed E-state index contributed by atoms with van der Waals surface area (Å²) < 4.78 is 21.7. The van der Waals surface area contributed by atoms with Gasteiger partial charge in [0.15, 0.2) is 6.23 Å². The molecule has 12 heteroatoms. The molecule has 0 heterocycles. The highest BCUT2D eigenvalue weighted by atomic mass is 16.6. The maximum atomic E-state index is 12.7. The second-order valence-corrected chi connectivity index (χ2v) is 11.1. The molecule has 0 bridgehead atoms. The van der Waals surface area contributed by atoms with Crippen LogP contribution in [0.2, 0.25) is 0 Å². The van der Waals surface area contributed by atoms with Crippen molar-refractivity contribution in [1.82, 2.24) is 21.3 Å². The van der Waals surface area contributed by atoms with Gasteiger partial charge < -0.3 is 40.2 Å². The Balaban J connectivity index is 3.90. The molecule has 0 radical (unpaired) electrons. The van der Waals surface area contributed by atoms with Gasteiger partial charge in [-0.3, -0.25) is 14.4 Å². The van der Waals surface area contributed by atoms with Crippen LogP contribution in [-0.4, -0.2) is 89.8 Å². The van der Waals surface area contributed by atoms with Gasteiger partial charge in [-0.25, -0.2) is 4.79 Å². The fraction of sp³-hybridized carbons (Fsp3) is 0.852. The van der Waals surface area contributed by atoms with Crippen molar-refractivity contribution in [2.24, 2.45) is 10.8 Å². The van der Waals surface area contributed by atoms with Crippen LogP contribution < -0.4 is 21.3 Å². The van der Waals surface area contributed by atoms with Crippen molar-refractivity contribution in [3.05, 3.63) is 0 Å². The molecule has 0 rings (SSSR count). The Bertz CT molecular complexity index is 698. The van der Waals surface area contributed by atoms with Crippen molar-refractivity contribution in [2.45, 2.75) is 79.9 Å². The summed E-state index contributed by atoms with van der Waals surface area (Å²) in [5.74, 6) is -0.191. The van der Waals surface area contributed by atoms with Gasteiger partial charge >= 0.3 is 6.09 Å². The fourth-order valence-corrected chi connectivity index (χ4v) is 3.82. The third-order valence-corrected chi connectivity index (χ3v) is 5.26. The number of carbonyl (C=O) groups is 4. The molecule has 4 amide bonds. The molecule has 0 aromatic heterocycles. The first-order chi connectivity index (χ1) is 18.4. The maximum absolute atomic E-state index is 12.7. The van der Waals surface area contributed by atoms with E-state index in [4.69, 9.17) is 18.9 Å². The average molecular weight is 561 g/mol. The molecule has 0 aromatic rings. The molecule has 12 nitrogen and oxygen atoms in total. The molecule has 0 saturated carbocycles. The van der Waals surface area contributed by atoms with Crippen LogP contribution in [0, 0.1) is 10.8 Å². The van der Waals surface area contributed by atoms with E-state index in [1.165, 1.54) is 0 Å². The van der Waals surface area contributed by atoms with Gasteiger partial charge in [0.25, 0.3) is 0 Å². The molecule has 4 N–H and O–H groups in total. The highest BCUT2D eigenvalue weighted by molar-refractivity contribution is 5.82. The topological polar surface area (TPSA) is 153 Å². The number of alkyl carbamates (subject to hydrolysis) is 1. The zero-order valence-corrected chi connectivity index (χ0v) is 24.8. The van der Waals surface area contributed by atoms with Gasteiger partial charge in [0.1, 0.15) is 0 Å². The lowest BCUT2D eigenvalue weighted by Gasteiger charge is -2.32. The van der Waals surface area contributed by atoms with E-state index in [0.717, 1.165) is 12.8 Å². The Morgan fingerprint density at radius 2 is 1.36 bits per heavy atom. The third-order valence-electron chi connectivity index (χ3n) is 5.26. The molecular formula is C27H52N4O8. The molecule has 0 saturated heterocycles. The van der Waals surface area contributed by atoms with Crippen molar-refractivity contribution < 1.29 is 38.1 Å². The van der Waals surface area contributed by atoms with E-state index >= 15 is 0 Å². The minimum Gasteiger partial charge on any atom is -0.424 e. The van der Waals surface area contributed by atoms with E-state index in [1.54, 1.807) is 0 Å². The molecule has 39 heavy (non-hydrogen) atoms. The predicted molar refractivity (Wildman–Crippen MR) is 148 cm³/mol. The van der Waals surface area contributed by atoms with Crippen LogP contribution in [0.25, 0.3) is 0 Å². The van der Waals surface area contributed by atoms with E-state index in [-0.39, 0.29) is 23.8 Å². The Labute approximate surface area is 234 Å². The second kappa shape index (κ2) is 21.4. The van der Waals surface area contributed by atoms with Crippen molar-refractivity contribution in [1.29, 1.82) is 0 Å². The normalized spacial score (nSPS) is 12.4. The van der Waals surface area contributed by atoms with E-state index in [9.17, 15) is 19.2 Å². The van der Waals surface area contributed by atoms with Crippen LogP contribution in [0.1, 0.15) is 73.6 Å². The number of hydrogen-bond acceptors (Lipinski definition) is 8. The Morgan fingerprint density at radius 1 is 0.821 bits per heavy atom.